The van der Waals surface area contributed by atoms with Crippen molar-refractivity contribution in [2.45, 2.75) is 58.2 Å². The fourth-order valence-corrected chi connectivity index (χ4v) is 3.02. The molecule has 3 aliphatic rings. The zero-order chi connectivity index (χ0) is 8.01. The third kappa shape index (κ3) is 1.10. The summed E-state index contributed by atoms with van der Waals surface area (Å²) in [6.07, 6.45) is 4.39. The van der Waals surface area contributed by atoms with Gasteiger partial charge < -0.3 is 0 Å². The fraction of sp³-hybridized carbons (Fsp3) is 1.00. The maximum absolute atomic E-state index is 2.71. The van der Waals surface area contributed by atoms with Crippen LogP contribution in [-0.4, -0.2) is 23.0 Å². The van der Waals surface area contributed by atoms with E-state index in [2.05, 4.69) is 25.7 Å². The van der Waals surface area contributed by atoms with E-state index in [1.54, 1.807) is 0 Å². The lowest BCUT2D eigenvalue weighted by atomic mass is 9.73. The van der Waals surface area contributed by atoms with E-state index in [1.807, 2.05) is 0 Å². The largest absolute Gasteiger partial charge is 0.295 e. The third-order valence-electron chi connectivity index (χ3n) is 3.33. The number of rotatable bonds is 1. The quantitative estimate of drug-likeness (QED) is 0.558. The lowest BCUT2D eigenvalue weighted by Gasteiger charge is -2.57. The Morgan fingerprint density at radius 1 is 1.09 bits per heavy atom. The molecule has 2 atom stereocenters. The molecule has 0 spiro atoms. The maximum atomic E-state index is 2.71. The van der Waals surface area contributed by atoms with Gasteiger partial charge in [-0.2, -0.15) is 0 Å². The van der Waals surface area contributed by atoms with Gasteiger partial charge in [0.05, 0.1) is 0 Å². The van der Waals surface area contributed by atoms with Crippen LogP contribution >= 0.6 is 0 Å². The molecule has 0 N–H and O–H groups in total. The minimum atomic E-state index is 0.784. The summed E-state index contributed by atoms with van der Waals surface area (Å²) in [6, 6.07) is 2.68. The second-order valence-corrected chi connectivity index (χ2v) is 4.66. The van der Waals surface area contributed by atoms with E-state index in [-0.39, 0.29) is 0 Å². The monoisotopic (exact) mass is 153 g/mol. The van der Waals surface area contributed by atoms with Crippen molar-refractivity contribution >= 4 is 0 Å². The van der Waals surface area contributed by atoms with Gasteiger partial charge >= 0.3 is 0 Å². The highest BCUT2D eigenvalue weighted by Gasteiger charge is 2.44. The molecule has 64 valence electrons. The van der Waals surface area contributed by atoms with Crippen LogP contribution in [0.25, 0.3) is 0 Å². The summed E-state index contributed by atoms with van der Waals surface area (Å²) in [5.41, 5.74) is 0. The van der Waals surface area contributed by atoms with Crippen molar-refractivity contribution in [1.82, 2.24) is 4.90 Å². The molecule has 1 heteroatoms. The molecule has 2 saturated heterocycles. The van der Waals surface area contributed by atoms with Crippen molar-refractivity contribution in [2.24, 2.45) is 5.92 Å². The van der Waals surface area contributed by atoms with Gasteiger partial charge in [0.15, 0.2) is 0 Å². The van der Waals surface area contributed by atoms with Gasteiger partial charge in [-0.3, -0.25) is 4.90 Å². The Balaban J connectivity index is 1.98. The summed E-state index contributed by atoms with van der Waals surface area (Å²) in [7, 11) is 0. The molecular weight excluding hydrogens is 134 g/mol. The Morgan fingerprint density at radius 3 is 2.09 bits per heavy atom. The van der Waals surface area contributed by atoms with Crippen LogP contribution in [0.3, 0.4) is 0 Å². The highest BCUT2D eigenvalue weighted by Crippen LogP contribution is 2.42. The molecule has 1 aliphatic carbocycles. The Bertz CT molecular complexity index is 141. The van der Waals surface area contributed by atoms with Gasteiger partial charge in [0, 0.05) is 18.1 Å². The molecule has 0 aromatic rings. The summed E-state index contributed by atoms with van der Waals surface area (Å²) in [6.45, 7) is 7.06. The Kier molecular flexibility index (Phi) is 1.71. The zero-order valence-electron chi connectivity index (χ0n) is 7.88. The lowest BCUT2D eigenvalue weighted by Crippen LogP contribution is -2.62. The van der Waals surface area contributed by atoms with E-state index < -0.39 is 0 Å². The first-order valence-electron chi connectivity index (χ1n) is 4.96. The van der Waals surface area contributed by atoms with Gasteiger partial charge in [-0.1, -0.05) is 6.92 Å². The topological polar surface area (TPSA) is 3.24 Å². The summed E-state index contributed by atoms with van der Waals surface area (Å²) in [4.78, 5) is 2.71. The first-order valence-corrected chi connectivity index (χ1v) is 4.96. The number of piperidine rings is 1. The average molecular weight is 153 g/mol. The lowest BCUT2D eigenvalue weighted by molar-refractivity contribution is -0.0698. The van der Waals surface area contributed by atoms with Gasteiger partial charge in [0.25, 0.3) is 0 Å². The van der Waals surface area contributed by atoms with Crippen molar-refractivity contribution in [2.75, 3.05) is 0 Å². The van der Waals surface area contributed by atoms with Crippen LogP contribution in [0.2, 0.25) is 0 Å². The van der Waals surface area contributed by atoms with Crippen LogP contribution < -0.4 is 0 Å². The molecule has 0 amide bonds. The fourth-order valence-electron chi connectivity index (χ4n) is 3.02. The molecule has 3 fully saturated rings. The molecule has 0 radical (unpaired) electrons. The molecule has 1 nitrogen and oxygen atoms in total. The highest BCUT2D eigenvalue weighted by atomic mass is 15.3. The molecule has 3 rings (SSSR count). The first kappa shape index (κ1) is 7.60. The van der Waals surface area contributed by atoms with Crippen LogP contribution in [0.5, 0.6) is 0 Å². The number of hydrogen-bond acceptors (Lipinski definition) is 1. The van der Waals surface area contributed by atoms with E-state index in [0.29, 0.717) is 0 Å². The average Bonchev–Trinajstić information content (AvgIpc) is 1.84. The van der Waals surface area contributed by atoms with Crippen molar-refractivity contribution < 1.29 is 0 Å². The Labute approximate surface area is 69.8 Å². The van der Waals surface area contributed by atoms with E-state index in [4.69, 9.17) is 0 Å². The first-order chi connectivity index (χ1) is 5.18. The maximum Gasteiger partial charge on any atom is 0.0118 e. The van der Waals surface area contributed by atoms with Crippen LogP contribution in [0.15, 0.2) is 0 Å². The predicted molar refractivity (Wildman–Crippen MR) is 47.6 cm³/mol. The van der Waals surface area contributed by atoms with Crippen LogP contribution in [0.4, 0.5) is 0 Å². The van der Waals surface area contributed by atoms with Crippen molar-refractivity contribution in [3.8, 4) is 0 Å². The molecule has 2 unspecified atom stereocenters. The van der Waals surface area contributed by atoms with E-state index in [1.165, 1.54) is 19.3 Å². The molecule has 1 saturated carbocycles. The number of hydrogen-bond donors (Lipinski definition) is 0. The summed E-state index contributed by atoms with van der Waals surface area (Å²) >= 11 is 0. The van der Waals surface area contributed by atoms with Gasteiger partial charge in [-0.15, -0.1) is 0 Å². The molecule has 2 bridgehead atoms. The van der Waals surface area contributed by atoms with E-state index in [9.17, 15) is 0 Å². The zero-order valence-corrected chi connectivity index (χ0v) is 7.88. The Morgan fingerprint density at radius 2 is 1.64 bits per heavy atom. The summed E-state index contributed by atoms with van der Waals surface area (Å²) < 4.78 is 0. The number of nitrogens with zero attached hydrogens (tertiary/aromatic N) is 1. The van der Waals surface area contributed by atoms with Gasteiger partial charge in [0.2, 0.25) is 0 Å². The Hall–Kier alpha value is -0.0400. The summed E-state index contributed by atoms with van der Waals surface area (Å²) in [5, 5.41) is 0. The molecule has 0 aromatic carbocycles. The van der Waals surface area contributed by atoms with Gasteiger partial charge in [-0.05, 0) is 39.0 Å². The molecule has 0 aromatic heterocycles. The normalized spacial score (nSPS) is 44.2. The van der Waals surface area contributed by atoms with Crippen LogP contribution in [0.1, 0.15) is 40.0 Å². The molecular formula is C10H19N. The van der Waals surface area contributed by atoms with Crippen molar-refractivity contribution in [3.63, 3.8) is 0 Å². The number of fused-ring (bicyclic) bond motifs is 2. The molecule has 11 heavy (non-hydrogen) atoms. The SMILES string of the molecule is CC1CC2CC(C1)N2C(C)C. The van der Waals surface area contributed by atoms with Crippen molar-refractivity contribution in [3.05, 3.63) is 0 Å². The standard InChI is InChI=1S/C10H19N/c1-7(2)11-9-4-8(3)5-10(11)6-9/h7-10H,4-6H2,1-3H3. The predicted octanol–water partition coefficient (Wildman–Crippen LogP) is 2.27. The van der Waals surface area contributed by atoms with Gasteiger partial charge in [-0.25, -0.2) is 0 Å². The van der Waals surface area contributed by atoms with Gasteiger partial charge in [0.1, 0.15) is 0 Å². The summed E-state index contributed by atoms with van der Waals surface area (Å²) in [5.74, 6) is 0.994. The minimum absolute atomic E-state index is 0.784. The highest BCUT2D eigenvalue weighted by molar-refractivity contribution is 5.00. The van der Waals surface area contributed by atoms with Crippen LogP contribution in [-0.2, 0) is 0 Å². The van der Waals surface area contributed by atoms with Crippen molar-refractivity contribution in [1.29, 1.82) is 0 Å². The van der Waals surface area contributed by atoms with E-state index >= 15 is 0 Å². The smallest absolute Gasteiger partial charge is 0.0118 e. The molecule has 2 aliphatic heterocycles. The molecule has 2 heterocycles. The minimum Gasteiger partial charge on any atom is -0.295 e. The second-order valence-electron chi connectivity index (χ2n) is 4.66. The second kappa shape index (κ2) is 2.48. The van der Waals surface area contributed by atoms with E-state index in [0.717, 1.165) is 24.0 Å². The van der Waals surface area contributed by atoms with Crippen LogP contribution in [0, 0.1) is 5.92 Å². The third-order valence-corrected chi connectivity index (χ3v) is 3.33.